The van der Waals surface area contributed by atoms with Crippen molar-refractivity contribution in [3.63, 3.8) is 0 Å². The van der Waals surface area contributed by atoms with Gasteiger partial charge in [-0.1, -0.05) is 41.9 Å². The van der Waals surface area contributed by atoms with Crippen LogP contribution < -0.4 is 15.8 Å². The van der Waals surface area contributed by atoms with E-state index in [1.165, 1.54) is 0 Å². The van der Waals surface area contributed by atoms with E-state index in [9.17, 15) is 4.79 Å². The zero-order chi connectivity index (χ0) is 15.2. The molecule has 4 nitrogen and oxygen atoms in total. The minimum absolute atomic E-state index is 0.315. The molecule has 110 valence electrons. The summed E-state index contributed by atoms with van der Waals surface area (Å²) < 4.78 is 5.46. The number of halogens is 1. The van der Waals surface area contributed by atoms with E-state index in [1.54, 1.807) is 18.2 Å². The zero-order valence-corrected chi connectivity index (χ0v) is 12.4. The highest BCUT2D eigenvalue weighted by atomic mass is 35.5. The van der Waals surface area contributed by atoms with Crippen LogP contribution in [0.25, 0.3) is 0 Å². The van der Waals surface area contributed by atoms with Crippen molar-refractivity contribution in [2.75, 3.05) is 11.9 Å². The van der Waals surface area contributed by atoms with Gasteiger partial charge in [-0.25, -0.2) is 0 Å². The van der Waals surface area contributed by atoms with Gasteiger partial charge in [0, 0.05) is 5.02 Å². The molecule has 2 aromatic rings. The van der Waals surface area contributed by atoms with E-state index in [1.807, 2.05) is 37.3 Å². The average molecular weight is 305 g/mol. The summed E-state index contributed by atoms with van der Waals surface area (Å²) in [4.78, 5) is 12.2. The second-order valence-corrected chi connectivity index (χ2v) is 4.89. The van der Waals surface area contributed by atoms with Gasteiger partial charge in [0.15, 0.2) is 0 Å². The van der Waals surface area contributed by atoms with E-state index in [4.69, 9.17) is 22.1 Å². The van der Waals surface area contributed by atoms with Crippen LogP contribution in [-0.4, -0.2) is 12.5 Å². The lowest BCUT2D eigenvalue weighted by atomic mass is 10.1. The fourth-order valence-electron chi connectivity index (χ4n) is 1.90. The second-order valence-electron chi connectivity index (χ2n) is 4.45. The molecule has 0 radical (unpaired) electrons. The van der Waals surface area contributed by atoms with Crippen LogP contribution in [0.5, 0.6) is 5.75 Å². The molecule has 21 heavy (non-hydrogen) atoms. The number of rotatable bonds is 5. The Balaban J connectivity index is 2.17. The maximum Gasteiger partial charge on any atom is 0.245 e. The van der Waals surface area contributed by atoms with Gasteiger partial charge in [-0.2, -0.15) is 0 Å². The molecule has 0 fully saturated rings. The smallest absolute Gasteiger partial charge is 0.245 e. The number of nitrogens with two attached hydrogens (primary N) is 1. The van der Waals surface area contributed by atoms with Crippen LogP contribution in [0.1, 0.15) is 18.5 Å². The molecule has 0 aliphatic rings. The number of amides is 1. The number of nitrogens with one attached hydrogen (secondary N) is 1. The van der Waals surface area contributed by atoms with Crippen molar-refractivity contribution in [3.8, 4) is 5.75 Å². The predicted molar refractivity (Wildman–Crippen MR) is 84.6 cm³/mol. The number of ether oxygens (including phenoxy) is 1. The Morgan fingerprint density at radius 1 is 1.29 bits per heavy atom. The van der Waals surface area contributed by atoms with Gasteiger partial charge in [-0.05, 0) is 30.7 Å². The molecule has 0 aromatic heterocycles. The molecule has 0 saturated heterocycles. The van der Waals surface area contributed by atoms with Gasteiger partial charge in [0.2, 0.25) is 5.91 Å². The third-order valence-electron chi connectivity index (χ3n) is 2.94. The average Bonchev–Trinajstić information content (AvgIpc) is 2.50. The molecule has 2 rings (SSSR count). The molecule has 1 amide bonds. The SMILES string of the molecule is CCOc1ccc(Cl)cc1NC(=O)C(N)c1ccccc1. The topological polar surface area (TPSA) is 64.3 Å². The monoisotopic (exact) mass is 304 g/mol. The van der Waals surface area contributed by atoms with Gasteiger partial charge in [0.1, 0.15) is 11.8 Å². The molecular formula is C16H17ClN2O2. The van der Waals surface area contributed by atoms with E-state index >= 15 is 0 Å². The lowest BCUT2D eigenvalue weighted by Gasteiger charge is -2.15. The molecule has 1 atom stereocenters. The number of benzene rings is 2. The molecule has 1 unspecified atom stereocenters. The van der Waals surface area contributed by atoms with E-state index in [-0.39, 0.29) is 5.91 Å². The van der Waals surface area contributed by atoms with Crippen LogP contribution in [0.4, 0.5) is 5.69 Å². The first kappa shape index (κ1) is 15.4. The molecule has 0 aliphatic heterocycles. The first-order valence-corrected chi connectivity index (χ1v) is 7.03. The minimum Gasteiger partial charge on any atom is -0.492 e. The van der Waals surface area contributed by atoms with Crippen molar-refractivity contribution in [1.82, 2.24) is 0 Å². The van der Waals surface area contributed by atoms with Gasteiger partial charge < -0.3 is 15.8 Å². The summed E-state index contributed by atoms with van der Waals surface area (Å²) >= 11 is 5.96. The molecule has 2 aromatic carbocycles. The van der Waals surface area contributed by atoms with Crippen LogP contribution in [-0.2, 0) is 4.79 Å². The highest BCUT2D eigenvalue weighted by molar-refractivity contribution is 6.31. The fourth-order valence-corrected chi connectivity index (χ4v) is 2.08. The normalized spacial score (nSPS) is 11.8. The lowest BCUT2D eigenvalue weighted by molar-refractivity contribution is -0.117. The third-order valence-corrected chi connectivity index (χ3v) is 3.18. The lowest BCUT2D eigenvalue weighted by Crippen LogP contribution is -2.27. The molecule has 0 aliphatic carbocycles. The zero-order valence-electron chi connectivity index (χ0n) is 11.7. The fraction of sp³-hybridized carbons (Fsp3) is 0.188. The Hall–Kier alpha value is -2.04. The van der Waals surface area contributed by atoms with Gasteiger partial charge in [0.25, 0.3) is 0 Å². The molecule has 0 saturated carbocycles. The maximum absolute atomic E-state index is 12.2. The first-order chi connectivity index (χ1) is 10.1. The summed E-state index contributed by atoms with van der Waals surface area (Å²) in [5, 5.41) is 3.28. The van der Waals surface area contributed by atoms with Gasteiger partial charge >= 0.3 is 0 Å². The second kappa shape index (κ2) is 7.11. The number of anilines is 1. The van der Waals surface area contributed by atoms with Crippen molar-refractivity contribution in [1.29, 1.82) is 0 Å². The van der Waals surface area contributed by atoms with Crippen molar-refractivity contribution in [2.24, 2.45) is 5.73 Å². The Bertz CT molecular complexity index is 617. The molecule has 0 heterocycles. The van der Waals surface area contributed by atoms with Crippen LogP contribution in [0, 0.1) is 0 Å². The van der Waals surface area contributed by atoms with E-state index < -0.39 is 6.04 Å². The van der Waals surface area contributed by atoms with E-state index in [0.29, 0.717) is 23.1 Å². The quantitative estimate of drug-likeness (QED) is 0.890. The maximum atomic E-state index is 12.2. The van der Waals surface area contributed by atoms with Gasteiger partial charge in [0.05, 0.1) is 12.3 Å². The molecule has 0 bridgehead atoms. The summed E-state index contributed by atoms with van der Waals surface area (Å²) in [6.45, 7) is 2.37. The largest absolute Gasteiger partial charge is 0.492 e. The first-order valence-electron chi connectivity index (χ1n) is 6.65. The third kappa shape index (κ3) is 3.97. The summed E-state index contributed by atoms with van der Waals surface area (Å²) in [6.07, 6.45) is 0. The highest BCUT2D eigenvalue weighted by Crippen LogP contribution is 2.28. The van der Waals surface area contributed by atoms with Crippen molar-refractivity contribution in [2.45, 2.75) is 13.0 Å². The number of carbonyl (C=O) groups excluding carboxylic acids is 1. The molecule has 5 heteroatoms. The molecule has 0 spiro atoms. The number of hydrogen-bond donors (Lipinski definition) is 2. The summed E-state index contributed by atoms with van der Waals surface area (Å²) in [7, 11) is 0. The standard InChI is InChI=1S/C16H17ClN2O2/c1-2-21-14-9-8-12(17)10-13(14)19-16(20)15(18)11-6-4-3-5-7-11/h3-10,15H,2,18H2,1H3,(H,19,20). The van der Waals surface area contributed by atoms with Crippen molar-refractivity contribution in [3.05, 3.63) is 59.1 Å². The van der Waals surface area contributed by atoms with Crippen LogP contribution in [0.15, 0.2) is 48.5 Å². The number of carbonyl (C=O) groups is 1. The van der Waals surface area contributed by atoms with Gasteiger partial charge in [-0.3, -0.25) is 4.79 Å². The molecular weight excluding hydrogens is 288 g/mol. The predicted octanol–water partition coefficient (Wildman–Crippen LogP) is 3.38. The summed E-state index contributed by atoms with van der Waals surface area (Å²) in [6, 6.07) is 13.5. The van der Waals surface area contributed by atoms with Gasteiger partial charge in [-0.15, -0.1) is 0 Å². The molecule has 3 N–H and O–H groups in total. The van der Waals surface area contributed by atoms with Crippen LogP contribution >= 0.6 is 11.6 Å². The van der Waals surface area contributed by atoms with E-state index in [2.05, 4.69) is 5.32 Å². The summed E-state index contributed by atoms with van der Waals surface area (Å²) in [5.41, 5.74) is 7.22. The Morgan fingerprint density at radius 3 is 2.67 bits per heavy atom. The van der Waals surface area contributed by atoms with Crippen LogP contribution in [0.2, 0.25) is 5.02 Å². The Morgan fingerprint density at radius 2 is 2.00 bits per heavy atom. The Labute approximate surface area is 128 Å². The van der Waals surface area contributed by atoms with Crippen molar-refractivity contribution >= 4 is 23.2 Å². The van der Waals surface area contributed by atoms with Crippen molar-refractivity contribution < 1.29 is 9.53 Å². The highest BCUT2D eigenvalue weighted by Gasteiger charge is 2.17. The summed E-state index contributed by atoms with van der Waals surface area (Å²) in [5.74, 6) is 0.250. The number of hydrogen-bond acceptors (Lipinski definition) is 3. The van der Waals surface area contributed by atoms with E-state index in [0.717, 1.165) is 5.56 Å². The van der Waals surface area contributed by atoms with Crippen LogP contribution in [0.3, 0.4) is 0 Å². The minimum atomic E-state index is -0.750. The Kier molecular flexibility index (Phi) is 5.20.